The minimum atomic E-state index is -0.529. The number of anilines is 1. The van der Waals surface area contributed by atoms with Crippen LogP contribution in [0.1, 0.15) is 25.8 Å². The van der Waals surface area contributed by atoms with E-state index in [1.54, 1.807) is 6.92 Å². The molecular formula is C12H15N3O3. The van der Waals surface area contributed by atoms with E-state index in [2.05, 4.69) is 5.32 Å². The number of nitro benzene ring substituents is 1. The normalized spacial score (nSPS) is 13.4. The van der Waals surface area contributed by atoms with Gasteiger partial charge in [-0.15, -0.1) is 0 Å². The maximum atomic E-state index is 10.9. The molecule has 18 heavy (non-hydrogen) atoms. The summed E-state index contributed by atoms with van der Waals surface area (Å²) in [4.78, 5) is 10.4. The average Bonchev–Trinajstić information content (AvgIpc) is 2.28. The smallest absolute Gasteiger partial charge is 0.293 e. The molecule has 1 rings (SSSR count). The van der Waals surface area contributed by atoms with E-state index in [0.29, 0.717) is 12.1 Å². The Morgan fingerprint density at radius 3 is 2.72 bits per heavy atom. The fraction of sp³-hybridized carbons (Fsp3) is 0.417. The molecule has 2 N–H and O–H groups in total. The topological polar surface area (TPSA) is 99.2 Å². The lowest BCUT2D eigenvalue weighted by Crippen LogP contribution is -2.21. The van der Waals surface area contributed by atoms with Crippen LogP contribution in [0.4, 0.5) is 11.4 Å². The van der Waals surface area contributed by atoms with Crippen molar-refractivity contribution >= 4 is 11.4 Å². The molecule has 0 aliphatic carbocycles. The van der Waals surface area contributed by atoms with Crippen molar-refractivity contribution in [1.29, 1.82) is 5.26 Å². The van der Waals surface area contributed by atoms with Crippen molar-refractivity contribution in [3.63, 3.8) is 0 Å². The van der Waals surface area contributed by atoms with Gasteiger partial charge in [-0.3, -0.25) is 10.1 Å². The van der Waals surface area contributed by atoms with E-state index in [1.165, 1.54) is 18.2 Å². The van der Waals surface area contributed by atoms with Gasteiger partial charge < -0.3 is 10.4 Å². The lowest BCUT2D eigenvalue weighted by molar-refractivity contribution is -0.384. The fourth-order valence-electron chi connectivity index (χ4n) is 1.71. The third-order valence-electron chi connectivity index (χ3n) is 2.42. The van der Waals surface area contributed by atoms with E-state index in [1.807, 2.05) is 13.0 Å². The second-order valence-corrected chi connectivity index (χ2v) is 4.23. The monoisotopic (exact) mass is 249 g/mol. The molecular weight excluding hydrogens is 234 g/mol. The number of rotatable bonds is 5. The number of nitriles is 1. The minimum absolute atomic E-state index is 0.100. The predicted molar refractivity (Wildman–Crippen MR) is 67.2 cm³/mol. The second-order valence-electron chi connectivity index (χ2n) is 4.23. The van der Waals surface area contributed by atoms with Crippen molar-refractivity contribution in [1.82, 2.24) is 0 Å². The Labute approximate surface area is 105 Å². The summed E-state index contributed by atoms with van der Waals surface area (Å²) in [6.07, 6.45) is 0.00175. The van der Waals surface area contributed by atoms with Crippen LogP contribution in [-0.4, -0.2) is 22.2 Å². The van der Waals surface area contributed by atoms with Crippen LogP contribution >= 0.6 is 0 Å². The molecule has 0 aromatic heterocycles. The first-order chi connectivity index (χ1) is 8.43. The van der Waals surface area contributed by atoms with Crippen LogP contribution in [0, 0.1) is 21.4 Å². The molecule has 0 heterocycles. The van der Waals surface area contributed by atoms with Gasteiger partial charge in [0.15, 0.2) is 0 Å². The Hall–Kier alpha value is -2.13. The molecule has 2 unspecified atom stereocenters. The van der Waals surface area contributed by atoms with E-state index < -0.39 is 11.0 Å². The molecule has 0 saturated heterocycles. The van der Waals surface area contributed by atoms with Crippen molar-refractivity contribution in [3.05, 3.63) is 33.9 Å². The predicted octanol–water partition coefficient (Wildman–Crippen LogP) is 2.04. The lowest BCUT2D eigenvalue weighted by atomic mass is 10.1. The van der Waals surface area contributed by atoms with Crippen LogP contribution in [0.2, 0.25) is 0 Å². The van der Waals surface area contributed by atoms with Gasteiger partial charge in [-0.05, 0) is 32.4 Å². The number of aliphatic hydroxyl groups excluding tert-OH is 1. The van der Waals surface area contributed by atoms with Crippen LogP contribution in [0.5, 0.6) is 0 Å². The number of benzene rings is 1. The van der Waals surface area contributed by atoms with Gasteiger partial charge in [-0.2, -0.15) is 5.26 Å². The summed E-state index contributed by atoms with van der Waals surface area (Å²) in [5.74, 6) is 0. The molecule has 96 valence electrons. The first kappa shape index (κ1) is 13.9. The van der Waals surface area contributed by atoms with Crippen molar-refractivity contribution < 1.29 is 10.0 Å². The molecule has 0 amide bonds. The highest BCUT2D eigenvalue weighted by Gasteiger charge is 2.16. The van der Waals surface area contributed by atoms with Crippen LogP contribution in [0.25, 0.3) is 0 Å². The zero-order valence-corrected chi connectivity index (χ0v) is 10.3. The zero-order chi connectivity index (χ0) is 13.7. The van der Waals surface area contributed by atoms with Crippen molar-refractivity contribution in [2.75, 3.05) is 5.32 Å². The Balaban J connectivity index is 2.95. The summed E-state index contributed by atoms with van der Waals surface area (Å²) in [5, 5.41) is 31.8. The van der Waals surface area contributed by atoms with Crippen molar-refractivity contribution in [2.45, 2.75) is 32.4 Å². The molecule has 0 aliphatic heterocycles. The number of hydrogen-bond donors (Lipinski definition) is 2. The molecule has 0 spiro atoms. The third-order valence-corrected chi connectivity index (χ3v) is 2.42. The summed E-state index contributed by atoms with van der Waals surface area (Å²) in [5.41, 5.74) is 0.467. The van der Waals surface area contributed by atoms with E-state index in [4.69, 9.17) is 5.26 Å². The molecule has 1 aromatic carbocycles. The van der Waals surface area contributed by atoms with E-state index in [9.17, 15) is 15.2 Å². The third kappa shape index (κ3) is 3.71. The standard InChI is InChI=1S/C12H15N3O3/c1-8(5-9(2)16)14-11-4-3-10(7-13)6-12(11)15(17)18/h3-4,6,8-9,14,16H,5H2,1-2H3. The van der Waals surface area contributed by atoms with E-state index in [-0.39, 0.29) is 17.3 Å². The largest absolute Gasteiger partial charge is 0.393 e. The highest BCUT2D eigenvalue weighted by atomic mass is 16.6. The van der Waals surface area contributed by atoms with Crippen LogP contribution < -0.4 is 5.32 Å². The van der Waals surface area contributed by atoms with Gasteiger partial charge in [0.1, 0.15) is 5.69 Å². The molecule has 2 atom stereocenters. The number of nitro groups is 1. The highest BCUT2D eigenvalue weighted by molar-refractivity contribution is 5.64. The minimum Gasteiger partial charge on any atom is -0.393 e. The maximum absolute atomic E-state index is 10.9. The Morgan fingerprint density at radius 2 is 2.22 bits per heavy atom. The summed E-state index contributed by atoms with van der Waals surface area (Å²) in [6.45, 7) is 3.49. The lowest BCUT2D eigenvalue weighted by Gasteiger charge is -2.16. The summed E-state index contributed by atoms with van der Waals surface area (Å²) in [6, 6.07) is 6.02. The Kier molecular flexibility index (Phi) is 4.63. The Morgan fingerprint density at radius 1 is 1.56 bits per heavy atom. The molecule has 0 aliphatic rings. The molecule has 0 fully saturated rings. The summed E-state index contributed by atoms with van der Waals surface area (Å²) >= 11 is 0. The van der Waals surface area contributed by atoms with Gasteiger partial charge in [0.25, 0.3) is 5.69 Å². The molecule has 0 saturated carbocycles. The molecule has 6 nitrogen and oxygen atoms in total. The van der Waals surface area contributed by atoms with E-state index >= 15 is 0 Å². The number of aliphatic hydroxyl groups is 1. The second kappa shape index (κ2) is 5.98. The van der Waals surface area contributed by atoms with Gasteiger partial charge >= 0.3 is 0 Å². The quantitative estimate of drug-likeness (QED) is 0.614. The van der Waals surface area contributed by atoms with Crippen LogP contribution in [-0.2, 0) is 0 Å². The fourth-order valence-corrected chi connectivity index (χ4v) is 1.71. The number of nitrogens with one attached hydrogen (secondary N) is 1. The van der Waals surface area contributed by atoms with Crippen molar-refractivity contribution in [3.8, 4) is 6.07 Å². The van der Waals surface area contributed by atoms with E-state index in [0.717, 1.165) is 0 Å². The van der Waals surface area contributed by atoms with Crippen molar-refractivity contribution in [2.24, 2.45) is 0 Å². The summed E-state index contributed by atoms with van der Waals surface area (Å²) < 4.78 is 0. The number of hydrogen-bond acceptors (Lipinski definition) is 5. The Bertz CT molecular complexity index is 480. The summed E-state index contributed by atoms with van der Waals surface area (Å²) in [7, 11) is 0. The van der Waals surface area contributed by atoms with Gasteiger partial charge in [-0.25, -0.2) is 0 Å². The van der Waals surface area contributed by atoms with Gasteiger partial charge in [-0.1, -0.05) is 0 Å². The highest BCUT2D eigenvalue weighted by Crippen LogP contribution is 2.26. The molecule has 6 heteroatoms. The molecule has 1 aromatic rings. The molecule has 0 radical (unpaired) electrons. The zero-order valence-electron chi connectivity index (χ0n) is 10.3. The maximum Gasteiger partial charge on any atom is 0.293 e. The van der Waals surface area contributed by atoms with Crippen LogP contribution in [0.15, 0.2) is 18.2 Å². The first-order valence-corrected chi connectivity index (χ1v) is 5.57. The van der Waals surface area contributed by atoms with Gasteiger partial charge in [0, 0.05) is 12.1 Å². The number of nitrogens with zero attached hydrogens (tertiary/aromatic N) is 2. The van der Waals surface area contributed by atoms with Crippen LogP contribution in [0.3, 0.4) is 0 Å². The average molecular weight is 249 g/mol. The first-order valence-electron chi connectivity index (χ1n) is 5.57. The SMILES string of the molecule is CC(O)CC(C)Nc1ccc(C#N)cc1[N+](=O)[O-]. The molecule has 0 bridgehead atoms. The van der Waals surface area contributed by atoms with Gasteiger partial charge in [0.05, 0.1) is 22.7 Å². The van der Waals surface area contributed by atoms with Gasteiger partial charge in [0.2, 0.25) is 0 Å².